The van der Waals surface area contributed by atoms with Crippen molar-refractivity contribution in [2.24, 2.45) is 0 Å². The molecule has 1 saturated heterocycles. The molecule has 1 aliphatic heterocycles. The number of halogens is 3. The van der Waals surface area contributed by atoms with Crippen LogP contribution >= 0.6 is 11.8 Å². The van der Waals surface area contributed by atoms with Crippen LogP contribution in [0.3, 0.4) is 0 Å². The van der Waals surface area contributed by atoms with Crippen molar-refractivity contribution < 1.29 is 27.6 Å². The van der Waals surface area contributed by atoms with Crippen LogP contribution in [-0.4, -0.2) is 49.1 Å². The van der Waals surface area contributed by atoms with E-state index in [2.05, 4.69) is 5.32 Å². The van der Waals surface area contributed by atoms with Gasteiger partial charge >= 0.3 is 6.18 Å². The van der Waals surface area contributed by atoms with Gasteiger partial charge in [0, 0.05) is 30.1 Å². The third-order valence-electron chi connectivity index (χ3n) is 4.31. The molecule has 0 unspecified atom stereocenters. The molecule has 0 spiro atoms. The van der Waals surface area contributed by atoms with Crippen LogP contribution in [-0.2, 0) is 4.74 Å². The average molecular weight is 441 g/mol. The van der Waals surface area contributed by atoms with Crippen LogP contribution in [0.1, 0.15) is 10.4 Å². The van der Waals surface area contributed by atoms with E-state index in [9.17, 15) is 28.1 Å². The van der Waals surface area contributed by atoms with E-state index in [0.717, 1.165) is 0 Å². The Bertz CT molecular complexity index is 933. The normalized spacial score (nSPS) is 14.4. The predicted molar refractivity (Wildman–Crippen MR) is 107 cm³/mol. The number of carbonyl (C=O) groups excluding carboxylic acids is 1. The van der Waals surface area contributed by atoms with Gasteiger partial charge in [0.05, 0.1) is 40.8 Å². The molecule has 0 radical (unpaired) electrons. The topological polar surface area (TPSA) is 84.7 Å². The van der Waals surface area contributed by atoms with Crippen LogP contribution < -0.4 is 10.2 Å². The van der Waals surface area contributed by atoms with Gasteiger partial charge in [0.15, 0.2) is 0 Å². The molecule has 0 saturated carbocycles. The molecule has 3 rings (SSSR count). The molecule has 0 bridgehead atoms. The highest BCUT2D eigenvalue weighted by Crippen LogP contribution is 2.33. The van der Waals surface area contributed by atoms with Gasteiger partial charge in [-0.2, -0.15) is 13.2 Å². The lowest BCUT2D eigenvalue weighted by Crippen LogP contribution is -2.37. The van der Waals surface area contributed by atoms with Gasteiger partial charge in [0.2, 0.25) is 0 Å². The molecule has 1 heterocycles. The summed E-state index contributed by atoms with van der Waals surface area (Å²) < 4.78 is 43.1. The Morgan fingerprint density at radius 1 is 1.20 bits per heavy atom. The molecule has 0 aromatic heterocycles. The number of benzene rings is 2. The van der Waals surface area contributed by atoms with Crippen LogP contribution in [0.2, 0.25) is 0 Å². The first-order chi connectivity index (χ1) is 14.2. The number of nitrogens with one attached hydrogen (secondary N) is 1. The number of para-hydroxylation sites is 1. The average Bonchev–Trinajstić information content (AvgIpc) is 2.72. The third-order valence-corrected chi connectivity index (χ3v) is 5.45. The minimum atomic E-state index is -4.36. The van der Waals surface area contributed by atoms with Crippen molar-refractivity contribution in [1.29, 1.82) is 0 Å². The zero-order valence-electron chi connectivity index (χ0n) is 15.6. The molecule has 0 aliphatic carbocycles. The number of amides is 1. The Labute approximate surface area is 174 Å². The van der Waals surface area contributed by atoms with E-state index in [1.165, 1.54) is 30.3 Å². The Kier molecular flexibility index (Phi) is 6.83. The molecule has 0 atom stereocenters. The number of carbonyl (C=O) groups is 1. The molecule has 1 N–H and O–H groups in total. The number of hydrogen-bond donors (Lipinski definition) is 1. The largest absolute Gasteiger partial charge is 0.398 e. The number of nitrogens with zero attached hydrogens (tertiary/aromatic N) is 2. The zero-order valence-corrected chi connectivity index (χ0v) is 16.5. The first-order valence-electron chi connectivity index (χ1n) is 8.95. The number of nitro benzene ring substituents is 1. The Balaban J connectivity index is 1.89. The minimum Gasteiger partial charge on any atom is -0.378 e. The monoisotopic (exact) mass is 441 g/mol. The van der Waals surface area contributed by atoms with Gasteiger partial charge < -0.3 is 15.0 Å². The van der Waals surface area contributed by atoms with Gasteiger partial charge in [-0.05, 0) is 18.2 Å². The predicted octanol–water partition coefficient (Wildman–Crippen LogP) is 4.34. The van der Waals surface area contributed by atoms with Crippen LogP contribution in [0.5, 0.6) is 0 Å². The highest BCUT2D eigenvalue weighted by molar-refractivity contribution is 7.99. The highest BCUT2D eigenvalue weighted by atomic mass is 32.2. The van der Waals surface area contributed by atoms with Crippen molar-refractivity contribution in [3.05, 3.63) is 58.1 Å². The van der Waals surface area contributed by atoms with E-state index in [-0.39, 0.29) is 21.8 Å². The number of hydrogen-bond acceptors (Lipinski definition) is 6. The zero-order chi connectivity index (χ0) is 21.7. The lowest BCUT2D eigenvalue weighted by Gasteiger charge is -2.30. The van der Waals surface area contributed by atoms with Crippen molar-refractivity contribution in [2.75, 3.05) is 42.3 Å². The lowest BCUT2D eigenvalue weighted by molar-refractivity contribution is -0.384. The van der Waals surface area contributed by atoms with E-state index in [0.29, 0.717) is 43.8 Å². The summed E-state index contributed by atoms with van der Waals surface area (Å²) >= 11 is 0.557. The summed E-state index contributed by atoms with van der Waals surface area (Å²) in [5, 5.41) is 13.8. The number of anilines is 2. The fourth-order valence-corrected chi connectivity index (χ4v) is 3.71. The summed E-state index contributed by atoms with van der Waals surface area (Å²) in [5.41, 5.74) is 0.525. The lowest BCUT2D eigenvalue weighted by atomic mass is 10.1. The molecule has 160 valence electrons. The number of nitro groups is 1. The molecule has 1 fully saturated rings. The molecule has 1 amide bonds. The molecule has 30 heavy (non-hydrogen) atoms. The van der Waals surface area contributed by atoms with Gasteiger partial charge in [0.1, 0.15) is 0 Å². The number of thioether (sulfide) groups is 1. The van der Waals surface area contributed by atoms with Crippen LogP contribution in [0.25, 0.3) is 0 Å². The van der Waals surface area contributed by atoms with Crippen molar-refractivity contribution in [2.45, 2.75) is 11.1 Å². The van der Waals surface area contributed by atoms with Gasteiger partial charge in [-0.15, -0.1) is 11.8 Å². The van der Waals surface area contributed by atoms with E-state index in [1.807, 2.05) is 4.90 Å². The number of non-ortho nitro benzene ring substituents is 1. The van der Waals surface area contributed by atoms with Crippen LogP contribution in [0, 0.1) is 10.1 Å². The van der Waals surface area contributed by atoms with Crippen LogP contribution in [0.15, 0.2) is 47.4 Å². The Morgan fingerprint density at radius 2 is 1.90 bits per heavy atom. The van der Waals surface area contributed by atoms with E-state index in [4.69, 9.17) is 4.74 Å². The van der Waals surface area contributed by atoms with E-state index >= 15 is 0 Å². The summed E-state index contributed by atoms with van der Waals surface area (Å²) in [4.78, 5) is 25.7. The van der Waals surface area contributed by atoms with Gasteiger partial charge in [-0.25, -0.2) is 0 Å². The molecule has 7 nitrogen and oxygen atoms in total. The second-order valence-electron chi connectivity index (χ2n) is 6.41. The summed E-state index contributed by atoms with van der Waals surface area (Å²) in [6.45, 7) is 1.93. The number of rotatable bonds is 6. The minimum absolute atomic E-state index is 0.0710. The smallest absolute Gasteiger partial charge is 0.378 e. The summed E-state index contributed by atoms with van der Waals surface area (Å²) in [5.74, 6) is -1.74. The molecule has 2 aromatic carbocycles. The fourth-order valence-electron chi connectivity index (χ4n) is 2.94. The molecule has 1 aliphatic rings. The summed E-state index contributed by atoms with van der Waals surface area (Å²) in [6, 6.07) is 10.1. The SMILES string of the molecule is O=C(Nc1ccccc1SCC(F)(F)F)c1cc([N+](=O)[O-])ccc1N1CCOCC1. The number of morpholine rings is 1. The van der Waals surface area contributed by atoms with Crippen molar-refractivity contribution in [3.63, 3.8) is 0 Å². The first-order valence-corrected chi connectivity index (χ1v) is 9.94. The fraction of sp³-hybridized carbons (Fsp3) is 0.316. The van der Waals surface area contributed by atoms with E-state index in [1.54, 1.807) is 12.1 Å². The molecular formula is C19H18F3N3O4S. The quantitative estimate of drug-likeness (QED) is 0.408. The standard InChI is InChI=1S/C19H18F3N3O4S/c20-19(21,22)12-30-17-4-2-1-3-15(17)23-18(26)14-11-13(25(27)28)5-6-16(14)24-7-9-29-10-8-24/h1-6,11H,7-10,12H2,(H,23,26). The molecular weight excluding hydrogens is 423 g/mol. The van der Waals surface area contributed by atoms with Crippen molar-refractivity contribution in [3.8, 4) is 0 Å². The number of alkyl halides is 3. The number of ether oxygens (including phenoxy) is 1. The molecule has 2 aromatic rings. The third kappa shape index (κ3) is 5.63. The molecule has 11 heteroatoms. The van der Waals surface area contributed by atoms with E-state index < -0.39 is 22.8 Å². The van der Waals surface area contributed by atoms with Gasteiger partial charge in [0.25, 0.3) is 11.6 Å². The van der Waals surface area contributed by atoms with Gasteiger partial charge in [-0.1, -0.05) is 12.1 Å². The van der Waals surface area contributed by atoms with Gasteiger partial charge in [-0.3, -0.25) is 14.9 Å². The Morgan fingerprint density at radius 3 is 2.57 bits per heavy atom. The van der Waals surface area contributed by atoms with Crippen molar-refractivity contribution >= 4 is 34.7 Å². The maximum atomic E-state index is 13.0. The second-order valence-corrected chi connectivity index (χ2v) is 7.43. The van der Waals surface area contributed by atoms with Crippen molar-refractivity contribution in [1.82, 2.24) is 0 Å². The summed E-state index contributed by atoms with van der Waals surface area (Å²) in [6.07, 6.45) is -4.36. The van der Waals surface area contributed by atoms with Crippen LogP contribution in [0.4, 0.5) is 30.2 Å². The first kappa shape index (κ1) is 21.9. The second kappa shape index (κ2) is 9.35. The Hall–Kier alpha value is -2.79. The maximum Gasteiger partial charge on any atom is 0.398 e. The summed E-state index contributed by atoms with van der Waals surface area (Å²) in [7, 11) is 0. The highest BCUT2D eigenvalue weighted by Gasteiger charge is 2.28. The maximum absolute atomic E-state index is 13.0.